The van der Waals surface area contributed by atoms with Crippen molar-refractivity contribution < 1.29 is 0 Å². The Morgan fingerprint density at radius 1 is 1.14 bits per heavy atom. The van der Waals surface area contributed by atoms with Crippen molar-refractivity contribution in [2.24, 2.45) is 0 Å². The van der Waals surface area contributed by atoms with Gasteiger partial charge < -0.3 is 5.32 Å². The molecule has 3 rings (SSSR count). The van der Waals surface area contributed by atoms with E-state index in [1.807, 2.05) is 24.3 Å². The van der Waals surface area contributed by atoms with Gasteiger partial charge in [0.25, 0.3) is 0 Å². The molecule has 2 nitrogen and oxygen atoms in total. The third-order valence-electron chi connectivity index (χ3n) is 3.81. The van der Waals surface area contributed by atoms with Crippen molar-refractivity contribution in [3.8, 4) is 0 Å². The number of benzene rings is 2. The lowest BCUT2D eigenvalue weighted by Gasteiger charge is -2.22. The first-order valence-corrected chi connectivity index (χ1v) is 7.89. The van der Waals surface area contributed by atoms with E-state index >= 15 is 0 Å². The van der Waals surface area contributed by atoms with Gasteiger partial charge in [0.15, 0.2) is 0 Å². The van der Waals surface area contributed by atoms with E-state index in [0.717, 1.165) is 27.7 Å². The maximum Gasteiger partial charge on any atom is 0.0969 e. The standard InChI is InChI=1S/C17H17ClN2S/c1-2-14-17(21)20-15-9-8-12(18)10-13(15)16(19-14)11-6-4-3-5-7-11/h3-10,14,16,19H,2H2,1H3,(H,20,21). The first-order valence-electron chi connectivity index (χ1n) is 7.10. The number of halogens is 1. The Hall–Kier alpha value is -1.42. The lowest BCUT2D eigenvalue weighted by atomic mass is 9.97. The summed E-state index contributed by atoms with van der Waals surface area (Å²) in [6.45, 7) is 2.14. The first-order chi connectivity index (χ1) is 10.2. The zero-order valence-corrected chi connectivity index (χ0v) is 13.3. The minimum absolute atomic E-state index is 0.0813. The number of hydrogen-bond donors (Lipinski definition) is 2. The van der Waals surface area contributed by atoms with Crippen LogP contribution in [0.4, 0.5) is 5.69 Å². The monoisotopic (exact) mass is 316 g/mol. The van der Waals surface area contributed by atoms with Gasteiger partial charge in [0.1, 0.15) is 0 Å². The van der Waals surface area contributed by atoms with Gasteiger partial charge in [0.05, 0.1) is 17.1 Å². The van der Waals surface area contributed by atoms with Crippen molar-refractivity contribution in [1.82, 2.24) is 5.32 Å². The Morgan fingerprint density at radius 3 is 2.62 bits per heavy atom. The van der Waals surface area contributed by atoms with E-state index in [-0.39, 0.29) is 12.1 Å². The summed E-state index contributed by atoms with van der Waals surface area (Å²) in [5.41, 5.74) is 3.37. The average molecular weight is 317 g/mol. The van der Waals surface area contributed by atoms with Crippen molar-refractivity contribution in [2.75, 3.05) is 5.32 Å². The van der Waals surface area contributed by atoms with Gasteiger partial charge in [-0.2, -0.15) is 0 Å². The van der Waals surface area contributed by atoms with Gasteiger partial charge in [-0.05, 0) is 35.7 Å². The van der Waals surface area contributed by atoms with Gasteiger partial charge in [-0.25, -0.2) is 0 Å². The molecule has 1 heterocycles. The number of thiocarbonyl (C=S) groups is 1. The van der Waals surface area contributed by atoms with E-state index in [4.69, 9.17) is 23.8 Å². The number of rotatable bonds is 2. The molecule has 2 aromatic carbocycles. The van der Waals surface area contributed by atoms with Crippen LogP contribution in [0.25, 0.3) is 0 Å². The molecule has 4 heteroatoms. The van der Waals surface area contributed by atoms with Gasteiger partial charge in [-0.3, -0.25) is 5.32 Å². The molecule has 21 heavy (non-hydrogen) atoms. The van der Waals surface area contributed by atoms with Gasteiger partial charge in [0, 0.05) is 10.7 Å². The minimum Gasteiger partial charge on any atom is -0.348 e. The number of hydrogen-bond acceptors (Lipinski definition) is 2. The molecular formula is C17H17ClN2S. The van der Waals surface area contributed by atoms with E-state index < -0.39 is 0 Å². The normalized spacial score (nSPS) is 21.3. The SMILES string of the molecule is CCC1NC(c2ccccc2)c2cc(Cl)ccc2NC1=S. The Morgan fingerprint density at radius 2 is 1.90 bits per heavy atom. The summed E-state index contributed by atoms with van der Waals surface area (Å²) in [6.07, 6.45) is 0.941. The molecule has 0 radical (unpaired) electrons. The zero-order valence-electron chi connectivity index (χ0n) is 11.8. The molecule has 0 fully saturated rings. The largest absolute Gasteiger partial charge is 0.348 e. The third kappa shape index (κ3) is 2.95. The van der Waals surface area contributed by atoms with Crippen molar-refractivity contribution in [1.29, 1.82) is 0 Å². The Balaban J connectivity index is 2.12. The van der Waals surface area contributed by atoms with Crippen LogP contribution in [0.2, 0.25) is 5.02 Å². The molecule has 0 bridgehead atoms. The highest BCUT2D eigenvalue weighted by Crippen LogP contribution is 2.33. The summed E-state index contributed by atoms with van der Waals surface area (Å²) in [5.74, 6) is 0. The van der Waals surface area contributed by atoms with Crippen LogP contribution in [0.5, 0.6) is 0 Å². The van der Waals surface area contributed by atoms with Gasteiger partial charge in [-0.15, -0.1) is 0 Å². The van der Waals surface area contributed by atoms with E-state index in [9.17, 15) is 0 Å². The lowest BCUT2D eigenvalue weighted by molar-refractivity contribution is 0.552. The van der Waals surface area contributed by atoms with Crippen LogP contribution in [0.15, 0.2) is 48.5 Å². The fraction of sp³-hybridized carbons (Fsp3) is 0.235. The second-order valence-corrected chi connectivity index (χ2v) is 6.07. The molecule has 0 aliphatic carbocycles. The van der Waals surface area contributed by atoms with Crippen LogP contribution in [0.1, 0.15) is 30.5 Å². The highest BCUT2D eigenvalue weighted by atomic mass is 35.5. The zero-order chi connectivity index (χ0) is 14.8. The fourth-order valence-corrected chi connectivity index (χ4v) is 3.22. The van der Waals surface area contributed by atoms with Gasteiger partial charge in [-0.1, -0.05) is 61.1 Å². The Labute approximate surface area is 135 Å². The Bertz CT molecular complexity index is 657. The highest BCUT2D eigenvalue weighted by Gasteiger charge is 2.27. The molecule has 2 atom stereocenters. The number of anilines is 1. The van der Waals surface area contributed by atoms with Crippen LogP contribution in [0, 0.1) is 0 Å². The quantitative estimate of drug-likeness (QED) is 0.795. The van der Waals surface area contributed by atoms with Crippen LogP contribution in [-0.4, -0.2) is 11.0 Å². The maximum atomic E-state index is 6.20. The summed E-state index contributed by atoms with van der Waals surface area (Å²) in [5, 5.41) is 7.75. The predicted octanol–water partition coefficient (Wildman–Crippen LogP) is 4.55. The van der Waals surface area contributed by atoms with Crippen LogP contribution < -0.4 is 10.6 Å². The topological polar surface area (TPSA) is 24.1 Å². The van der Waals surface area contributed by atoms with Gasteiger partial charge in [0.2, 0.25) is 0 Å². The van der Waals surface area contributed by atoms with Crippen LogP contribution in [0.3, 0.4) is 0 Å². The molecule has 0 aromatic heterocycles. The predicted molar refractivity (Wildman–Crippen MR) is 93.2 cm³/mol. The molecule has 0 saturated heterocycles. The summed E-state index contributed by atoms with van der Waals surface area (Å²) in [7, 11) is 0. The second-order valence-electron chi connectivity index (χ2n) is 5.19. The Kier molecular flexibility index (Phi) is 4.24. The minimum atomic E-state index is 0.0813. The van der Waals surface area contributed by atoms with E-state index in [2.05, 4.69) is 41.8 Å². The molecular weight excluding hydrogens is 300 g/mol. The average Bonchev–Trinajstić information content (AvgIpc) is 2.64. The molecule has 2 aromatic rings. The molecule has 2 N–H and O–H groups in total. The van der Waals surface area contributed by atoms with Crippen molar-refractivity contribution >= 4 is 34.5 Å². The molecule has 1 aliphatic rings. The smallest absolute Gasteiger partial charge is 0.0969 e. The van der Waals surface area contributed by atoms with E-state index in [1.54, 1.807) is 0 Å². The molecule has 2 unspecified atom stereocenters. The molecule has 0 amide bonds. The van der Waals surface area contributed by atoms with Gasteiger partial charge >= 0.3 is 0 Å². The van der Waals surface area contributed by atoms with Crippen LogP contribution >= 0.6 is 23.8 Å². The second kappa shape index (κ2) is 6.14. The molecule has 0 saturated carbocycles. The summed E-state index contributed by atoms with van der Waals surface area (Å²) < 4.78 is 0. The third-order valence-corrected chi connectivity index (χ3v) is 4.43. The fourth-order valence-electron chi connectivity index (χ4n) is 2.70. The number of fused-ring (bicyclic) bond motifs is 1. The highest BCUT2D eigenvalue weighted by molar-refractivity contribution is 7.80. The maximum absolute atomic E-state index is 6.20. The van der Waals surface area contributed by atoms with Crippen molar-refractivity contribution in [3.63, 3.8) is 0 Å². The lowest BCUT2D eigenvalue weighted by Crippen LogP contribution is -2.38. The molecule has 1 aliphatic heterocycles. The van der Waals surface area contributed by atoms with E-state index in [0.29, 0.717) is 0 Å². The van der Waals surface area contributed by atoms with E-state index in [1.165, 1.54) is 5.56 Å². The van der Waals surface area contributed by atoms with Crippen molar-refractivity contribution in [2.45, 2.75) is 25.4 Å². The number of nitrogens with one attached hydrogen (secondary N) is 2. The van der Waals surface area contributed by atoms with Crippen LogP contribution in [-0.2, 0) is 0 Å². The molecule has 0 spiro atoms. The molecule has 108 valence electrons. The first kappa shape index (κ1) is 14.5. The summed E-state index contributed by atoms with van der Waals surface area (Å²) in [4.78, 5) is 0.833. The van der Waals surface area contributed by atoms with Crippen molar-refractivity contribution in [3.05, 3.63) is 64.7 Å². The summed E-state index contributed by atoms with van der Waals surface area (Å²) in [6, 6.07) is 16.5. The summed E-state index contributed by atoms with van der Waals surface area (Å²) >= 11 is 11.7.